The normalized spacial score (nSPS) is 14.9. The predicted molar refractivity (Wildman–Crippen MR) is 80.9 cm³/mol. The highest BCUT2D eigenvalue weighted by Gasteiger charge is 2.24. The lowest BCUT2D eigenvalue weighted by molar-refractivity contribution is -0.122. The number of hydrogen-bond acceptors (Lipinski definition) is 4. The summed E-state index contributed by atoms with van der Waals surface area (Å²) in [6.45, 7) is 8.29. The highest BCUT2D eigenvalue weighted by atomic mass is 16.1. The van der Waals surface area contributed by atoms with Gasteiger partial charge in [0.2, 0.25) is 5.91 Å². The molecule has 1 amide bonds. The summed E-state index contributed by atoms with van der Waals surface area (Å²) in [6, 6.07) is 0. The molecule has 0 spiro atoms. The van der Waals surface area contributed by atoms with Gasteiger partial charge in [0.05, 0.1) is 5.54 Å². The summed E-state index contributed by atoms with van der Waals surface area (Å²) in [5.74, 6) is -0.411. The van der Waals surface area contributed by atoms with Crippen LogP contribution in [0.2, 0.25) is 0 Å². The van der Waals surface area contributed by atoms with E-state index in [-0.39, 0.29) is 0 Å². The summed E-state index contributed by atoms with van der Waals surface area (Å²) in [6.07, 6.45) is 3.87. The Hall–Kier alpha value is -0.650. The minimum Gasteiger partial charge on any atom is -0.368 e. The third-order valence-electron chi connectivity index (χ3n) is 3.51. The molecule has 0 rings (SSSR count). The maximum atomic E-state index is 11.1. The minimum atomic E-state index is -0.859. The van der Waals surface area contributed by atoms with Crippen LogP contribution in [0, 0.1) is 0 Å². The summed E-state index contributed by atoms with van der Waals surface area (Å²) in [5.41, 5.74) is 10.2. The number of hydrogen-bond donors (Lipinski definition) is 2. The number of carbonyl (C=O) groups excluding carboxylic acids is 1. The fourth-order valence-electron chi connectivity index (χ4n) is 1.99. The van der Waals surface area contributed by atoms with E-state index in [9.17, 15) is 4.79 Å². The molecule has 0 aromatic rings. The highest BCUT2D eigenvalue weighted by Crippen LogP contribution is 2.10. The van der Waals surface area contributed by atoms with Gasteiger partial charge in [-0.2, -0.15) is 0 Å². The number of amides is 1. The molecule has 0 aliphatic rings. The SMILES string of the molecule is CCN(CCCCC(C)(N)C(N)=O)CCCN(C)C. The molecule has 0 aromatic carbocycles. The van der Waals surface area contributed by atoms with Crippen LogP contribution in [0.25, 0.3) is 0 Å². The molecule has 0 saturated carbocycles. The topological polar surface area (TPSA) is 75.6 Å². The molecule has 0 bridgehead atoms. The standard InChI is InChI=1S/C14H32N4O/c1-5-18(12-8-10-17(3)4)11-7-6-9-14(2,16)13(15)19/h5-12,16H2,1-4H3,(H2,15,19). The first-order valence-electron chi connectivity index (χ1n) is 7.25. The van der Waals surface area contributed by atoms with Crippen LogP contribution in [0.4, 0.5) is 0 Å². The Morgan fingerprint density at radius 1 is 1.11 bits per heavy atom. The van der Waals surface area contributed by atoms with Crippen LogP contribution in [0.15, 0.2) is 0 Å². The van der Waals surface area contributed by atoms with Gasteiger partial charge in [0.1, 0.15) is 0 Å². The molecule has 1 atom stereocenters. The van der Waals surface area contributed by atoms with Gasteiger partial charge in [0, 0.05) is 0 Å². The van der Waals surface area contributed by atoms with Crippen molar-refractivity contribution in [1.29, 1.82) is 0 Å². The molecule has 0 fully saturated rings. The molecular formula is C14H32N4O. The molecule has 0 radical (unpaired) electrons. The molecule has 0 saturated heterocycles. The molecule has 4 N–H and O–H groups in total. The van der Waals surface area contributed by atoms with Crippen molar-refractivity contribution >= 4 is 5.91 Å². The van der Waals surface area contributed by atoms with Gasteiger partial charge in [-0.3, -0.25) is 4.79 Å². The Labute approximate surface area is 118 Å². The van der Waals surface area contributed by atoms with Crippen LogP contribution in [-0.2, 0) is 4.79 Å². The molecule has 5 nitrogen and oxygen atoms in total. The van der Waals surface area contributed by atoms with Gasteiger partial charge < -0.3 is 21.3 Å². The Morgan fingerprint density at radius 2 is 1.68 bits per heavy atom. The van der Waals surface area contributed by atoms with Crippen molar-refractivity contribution in [2.75, 3.05) is 40.3 Å². The molecule has 1 unspecified atom stereocenters. The van der Waals surface area contributed by atoms with Gasteiger partial charge in [-0.25, -0.2) is 0 Å². The molecule has 19 heavy (non-hydrogen) atoms. The monoisotopic (exact) mass is 272 g/mol. The first-order chi connectivity index (χ1) is 8.79. The maximum absolute atomic E-state index is 11.1. The molecule has 0 heterocycles. The summed E-state index contributed by atoms with van der Waals surface area (Å²) in [7, 11) is 4.20. The number of nitrogens with two attached hydrogens (primary N) is 2. The molecule has 0 aliphatic carbocycles. The number of nitrogens with zero attached hydrogens (tertiary/aromatic N) is 2. The number of carbonyl (C=O) groups is 1. The lowest BCUT2D eigenvalue weighted by Crippen LogP contribution is -2.49. The van der Waals surface area contributed by atoms with Gasteiger partial charge in [-0.05, 0) is 72.9 Å². The average Bonchev–Trinajstić information content (AvgIpc) is 2.31. The van der Waals surface area contributed by atoms with E-state index in [1.54, 1.807) is 6.92 Å². The lowest BCUT2D eigenvalue weighted by Gasteiger charge is -2.23. The number of primary amides is 1. The number of rotatable bonds is 11. The zero-order valence-corrected chi connectivity index (χ0v) is 13.1. The third kappa shape index (κ3) is 8.97. The summed E-state index contributed by atoms with van der Waals surface area (Å²) in [5, 5.41) is 0. The van der Waals surface area contributed by atoms with Crippen molar-refractivity contribution in [2.45, 2.75) is 45.1 Å². The molecule has 5 heteroatoms. The fourth-order valence-corrected chi connectivity index (χ4v) is 1.99. The van der Waals surface area contributed by atoms with Crippen molar-refractivity contribution in [3.8, 4) is 0 Å². The van der Waals surface area contributed by atoms with Gasteiger partial charge in [-0.15, -0.1) is 0 Å². The first kappa shape index (κ1) is 18.4. The second-order valence-electron chi connectivity index (χ2n) is 5.83. The van der Waals surface area contributed by atoms with E-state index in [0.29, 0.717) is 6.42 Å². The Kier molecular flexibility index (Phi) is 8.97. The van der Waals surface area contributed by atoms with Crippen molar-refractivity contribution < 1.29 is 4.79 Å². The van der Waals surface area contributed by atoms with E-state index in [1.165, 1.54) is 6.42 Å². The molecular weight excluding hydrogens is 240 g/mol. The van der Waals surface area contributed by atoms with Crippen molar-refractivity contribution in [3.05, 3.63) is 0 Å². The smallest absolute Gasteiger partial charge is 0.237 e. The van der Waals surface area contributed by atoms with E-state index >= 15 is 0 Å². The van der Waals surface area contributed by atoms with Crippen LogP contribution in [0.3, 0.4) is 0 Å². The fraction of sp³-hybridized carbons (Fsp3) is 0.929. The zero-order valence-electron chi connectivity index (χ0n) is 13.1. The summed E-state index contributed by atoms with van der Waals surface area (Å²) in [4.78, 5) is 15.7. The molecule has 114 valence electrons. The second kappa shape index (κ2) is 9.28. The minimum absolute atomic E-state index is 0.411. The lowest BCUT2D eigenvalue weighted by atomic mass is 9.95. The van der Waals surface area contributed by atoms with Crippen molar-refractivity contribution in [2.24, 2.45) is 11.5 Å². The van der Waals surface area contributed by atoms with Crippen LogP contribution >= 0.6 is 0 Å². The van der Waals surface area contributed by atoms with Crippen molar-refractivity contribution in [3.63, 3.8) is 0 Å². The van der Waals surface area contributed by atoms with Crippen LogP contribution in [0.1, 0.15) is 39.5 Å². The van der Waals surface area contributed by atoms with E-state index in [4.69, 9.17) is 11.5 Å². The Balaban J connectivity index is 3.75. The van der Waals surface area contributed by atoms with Crippen LogP contribution < -0.4 is 11.5 Å². The van der Waals surface area contributed by atoms with E-state index in [0.717, 1.165) is 39.0 Å². The molecule has 0 aliphatic heterocycles. The summed E-state index contributed by atoms with van der Waals surface area (Å²) < 4.78 is 0. The van der Waals surface area contributed by atoms with Gasteiger partial charge in [0.15, 0.2) is 0 Å². The Morgan fingerprint density at radius 3 is 2.16 bits per heavy atom. The van der Waals surface area contributed by atoms with E-state index in [2.05, 4.69) is 30.8 Å². The predicted octanol–water partition coefficient (Wildman–Crippen LogP) is 0.633. The van der Waals surface area contributed by atoms with Gasteiger partial charge in [-0.1, -0.05) is 6.92 Å². The third-order valence-corrected chi connectivity index (χ3v) is 3.51. The van der Waals surface area contributed by atoms with Crippen molar-refractivity contribution in [1.82, 2.24) is 9.80 Å². The zero-order chi connectivity index (χ0) is 14.9. The average molecular weight is 272 g/mol. The Bertz CT molecular complexity index is 254. The van der Waals surface area contributed by atoms with E-state index in [1.807, 2.05) is 0 Å². The largest absolute Gasteiger partial charge is 0.368 e. The number of unbranched alkanes of at least 4 members (excludes halogenated alkanes) is 1. The second-order valence-corrected chi connectivity index (χ2v) is 5.83. The highest BCUT2D eigenvalue weighted by molar-refractivity contribution is 5.83. The van der Waals surface area contributed by atoms with Crippen LogP contribution in [-0.4, -0.2) is 61.5 Å². The van der Waals surface area contributed by atoms with Gasteiger partial charge in [0.25, 0.3) is 0 Å². The van der Waals surface area contributed by atoms with E-state index < -0.39 is 11.4 Å². The molecule has 0 aromatic heterocycles. The maximum Gasteiger partial charge on any atom is 0.237 e. The quantitative estimate of drug-likeness (QED) is 0.541. The van der Waals surface area contributed by atoms with Crippen LogP contribution in [0.5, 0.6) is 0 Å². The first-order valence-corrected chi connectivity index (χ1v) is 7.25. The summed E-state index contributed by atoms with van der Waals surface area (Å²) >= 11 is 0. The van der Waals surface area contributed by atoms with Gasteiger partial charge >= 0.3 is 0 Å².